The minimum absolute atomic E-state index is 0.0682. The summed E-state index contributed by atoms with van der Waals surface area (Å²) in [6.07, 6.45) is 0. The van der Waals surface area contributed by atoms with Gasteiger partial charge in [0.1, 0.15) is 0 Å². The van der Waals surface area contributed by atoms with E-state index in [0.29, 0.717) is 0 Å². The summed E-state index contributed by atoms with van der Waals surface area (Å²) in [5.41, 5.74) is 7.19. The fourth-order valence-corrected chi connectivity index (χ4v) is 4.22. The lowest BCUT2D eigenvalue weighted by Gasteiger charge is -2.18. The van der Waals surface area contributed by atoms with E-state index in [-0.39, 0.29) is 5.78 Å². The number of carbonyl (C=O) groups excluding carboxylic acids is 1. The van der Waals surface area contributed by atoms with Gasteiger partial charge in [0.25, 0.3) is 0 Å². The maximum Gasteiger partial charge on any atom is 0.193 e. The van der Waals surface area contributed by atoms with Crippen molar-refractivity contribution in [1.29, 1.82) is 0 Å². The molecule has 1 nitrogen and oxygen atoms in total. The van der Waals surface area contributed by atoms with E-state index >= 15 is 0 Å². The molecule has 3 rings (SSSR count). The van der Waals surface area contributed by atoms with Gasteiger partial charge in [-0.1, -0.05) is 110 Å². The Hall–Kier alpha value is -2.71. The lowest BCUT2D eigenvalue weighted by atomic mass is 9.91. The molecule has 0 spiro atoms. The van der Waals surface area contributed by atoms with Gasteiger partial charge in [0.15, 0.2) is 5.78 Å². The first-order valence-corrected chi connectivity index (χ1v) is 12.5. The van der Waals surface area contributed by atoms with Crippen LogP contribution in [0.15, 0.2) is 90.6 Å². The van der Waals surface area contributed by atoms with Gasteiger partial charge in [-0.25, -0.2) is 0 Å². The second kappa shape index (κ2) is 7.67. The molecule has 3 aromatic carbocycles. The minimum Gasteiger partial charge on any atom is -0.289 e. The Labute approximate surface area is 157 Å². The van der Waals surface area contributed by atoms with Gasteiger partial charge >= 0.3 is 0 Å². The van der Waals surface area contributed by atoms with Gasteiger partial charge in [-0.15, -0.1) is 0 Å². The Balaban J connectivity index is 2.18. The van der Waals surface area contributed by atoms with Crippen LogP contribution >= 0.6 is 0 Å². The highest BCUT2D eigenvalue weighted by Gasteiger charge is 2.19. The third-order valence-corrected chi connectivity index (χ3v) is 5.31. The summed E-state index contributed by atoms with van der Waals surface area (Å²) >= 11 is 0. The number of hydrogen-bond acceptors (Lipinski definition) is 1. The fraction of sp³-hybridized carbons (Fsp3) is 0.125. The molecule has 0 fully saturated rings. The SMILES string of the molecule is C[Si](C)(C)/C=C(\c1ccccc1)c1ccccc1C(=O)c1ccccc1. The molecular weight excluding hydrogens is 332 g/mol. The van der Waals surface area contributed by atoms with Crippen LogP contribution in [-0.2, 0) is 0 Å². The predicted molar refractivity (Wildman–Crippen MR) is 113 cm³/mol. The number of rotatable bonds is 5. The largest absolute Gasteiger partial charge is 0.289 e. The zero-order chi connectivity index (χ0) is 18.6. The van der Waals surface area contributed by atoms with Crippen LogP contribution in [0.4, 0.5) is 0 Å². The first-order chi connectivity index (χ1) is 12.5. The van der Waals surface area contributed by atoms with Crippen LogP contribution in [0.25, 0.3) is 5.57 Å². The van der Waals surface area contributed by atoms with Crippen molar-refractivity contribution in [3.05, 3.63) is 113 Å². The molecule has 0 aromatic heterocycles. The van der Waals surface area contributed by atoms with Crippen molar-refractivity contribution in [3.8, 4) is 0 Å². The maximum atomic E-state index is 13.2. The standard InChI is InChI=1S/C24H24OSi/c1-26(2,3)18-23(19-12-6-4-7-13-19)21-16-10-11-17-22(21)24(25)20-14-8-5-9-15-20/h4-18H,1-3H3/b23-18+. The van der Waals surface area contributed by atoms with Crippen molar-refractivity contribution in [3.63, 3.8) is 0 Å². The summed E-state index contributed by atoms with van der Waals surface area (Å²) < 4.78 is 0. The normalized spacial score (nSPS) is 12.0. The molecule has 0 aliphatic rings. The Morgan fingerprint density at radius 3 is 1.65 bits per heavy atom. The van der Waals surface area contributed by atoms with Gasteiger partial charge < -0.3 is 0 Å². The van der Waals surface area contributed by atoms with Crippen LogP contribution in [0.3, 0.4) is 0 Å². The van der Waals surface area contributed by atoms with Crippen molar-refractivity contribution < 1.29 is 4.79 Å². The molecule has 0 aliphatic carbocycles. The van der Waals surface area contributed by atoms with E-state index in [1.807, 2.05) is 54.6 Å². The summed E-state index contributed by atoms with van der Waals surface area (Å²) in [6.45, 7) is 6.95. The van der Waals surface area contributed by atoms with Crippen molar-refractivity contribution in [1.82, 2.24) is 0 Å². The van der Waals surface area contributed by atoms with Crippen molar-refractivity contribution >= 4 is 19.4 Å². The highest BCUT2D eigenvalue weighted by atomic mass is 28.3. The molecule has 2 heteroatoms. The van der Waals surface area contributed by atoms with Crippen LogP contribution in [-0.4, -0.2) is 13.9 Å². The lowest BCUT2D eigenvalue weighted by Crippen LogP contribution is -2.17. The van der Waals surface area contributed by atoms with Crippen LogP contribution in [0.1, 0.15) is 27.0 Å². The van der Waals surface area contributed by atoms with E-state index in [4.69, 9.17) is 0 Å². The van der Waals surface area contributed by atoms with Crippen LogP contribution in [0.2, 0.25) is 19.6 Å². The Morgan fingerprint density at radius 2 is 1.12 bits per heavy atom. The summed E-state index contributed by atoms with van der Waals surface area (Å²) in [5.74, 6) is 0.0682. The molecule has 0 bridgehead atoms. The first-order valence-electron chi connectivity index (χ1n) is 8.93. The molecule has 0 heterocycles. The molecule has 0 unspecified atom stereocenters. The summed E-state index contributed by atoms with van der Waals surface area (Å²) in [7, 11) is -1.50. The van der Waals surface area contributed by atoms with E-state index in [9.17, 15) is 4.79 Å². The second-order valence-electron chi connectivity index (χ2n) is 7.53. The molecular formula is C24H24OSi. The van der Waals surface area contributed by atoms with Crippen LogP contribution in [0, 0.1) is 0 Å². The number of ketones is 1. The molecule has 3 aromatic rings. The molecule has 130 valence electrons. The highest BCUT2D eigenvalue weighted by Crippen LogP contribution is 2.29. The van der Waals surface area contributed by atoms with Crippen LogP contribution in [0.5, 0.6) is 0 Å². The monoisotopic (exact) mass is 356 g/mol. The van der Waals surface area contributed by atoms with Gasteiger partial charge in [0, 0.05) is 11.1 Å². The predicted octanol–water partition coefficient (Wildman–Crippen LogP) is 6.23. The van der Waals surface area contributed by atoms with E-state index in [1.165, 1.54) is 0 Å². The van der Waals surface area contributed by atoms with E-state index in [1.54, 1.807) is 0 Å². The maximum absolute atomic E-state index is 13.2. The van der Waals surface area contributed by atoms with Gasteiger partial charge in [-0.05, 0) is 16.7 Å². The summed E-state index contributed by atoms with van der Waals surface area (Å²) in [4.78, 5) is 13.2. The van der Waals surface area contributed by atoms with E-state index < -0.39 is 8.07 Å². The smallest absolute Gasteiger partial charge is 0.193 e. The quantitative estimate of drug-likeness (QED) is 0.391. The second-order valence-corrected chi connectivity index (χ2v) is 12.6. The zero-order valence-electron chi connectivity index (χ0n) is 15.6. The first kappa shape index (κ1) is 18.1. The number of benzene rings is 3. The molecule has 26 heavy (non-hydrogen) atoms. The zero-order valence-corrected chi connectivity index (χ0v) is 16.6. The van der Waals surface area contributed by atoms with Gasteiger partial charge in [-0.3, -0.25) is 4.79 Å². The van der Waals surface area contributed by atoms with Gasteiger partial charge in [0.05, 0.1) is 8.07 Å². The average Bonchev–Trinajstić information content (AvgIpc) is 2.66. The number of hydrogen-bond donors (Lipinski definition) is 0. The molecule has 0 atom stereocenters. The summed E-state index contributed by atoms with van der Waals surface area (Å²) in [6, 6.07) is 27.8. The fourth-order valence-electron chi connectivity index (χ4n) is 3.03. The topological polar surface area (TPSA) is 17.1 Å². The molecule has 0 N–H and O–H groups in total. The van der Waals surface area contributed by atoms with Crippen molar-refractivity contribution in [2.75, 3.05) is 0 Å². The van der Waals surface area contributed by atoms with Gasteiger partial charge in [0.2, 0.25) is 0 Å². The minimum atomic E-state index is -1.50. The number of carbonyl (C=O) groups is 1. The molecule has 0 saturated heterocycles. The van der Waals surface area contributed by atoms with Crippen LogP contribution < -0.4 is 0 Å². The average molecular weight is 357 g/mol. The lowest BCUT2D eigenvalue weighted by molar-refractivity contribution is 0.103. The Morgan fingerprint density at radius 1 is 0.654 bits per heavy atom. The Kier molecular flexibility index (Phi) is 5.34. The van der Waals surface area contributed by atoms with Crippen molar-refractivity contribution in [2.24, 2.45) is 0 Å². The summed E-state index contributed by atoms with van der Waals surface area (Å²) in [5, 5.41) is 0. The van der Waals surface area contributed by atoms with E-state index in [2.05, 4.69) is 55.7 Å². The molecule has 0 radical (unpaired) electrons. The van der Waals surface area contributed by atoms with Gasteiger partial charge in [-0.2, -0.15) is 0 Å². The van der Waals surface area contributed by atoms with E-state index in [0.717, 1.165) is 27.8 Å². The third kappa shape index (κ3) is 4.27. The Bertz CT molecular complexity index is 919. The molecule has 0 saturated carbocycles. The molecule has 0 amide bonds. The molecule has 0 aliphatic heterocycles. The van der Waals surface area contributed by atoms with Crippen molar-refractivity contribution in [2.45, 2.75) is 19.6 Å². The third-order valence-electron chi connectivity index (χ3n) is 4.16. The highest BCUT2D eigenvalue weighted by molar-refractivity contribution is 6.81.